The Balaban J connectivity index is 1.82. The molecule has 0 unspecified atom stereocenters. The zero-order valence-corrected chi connectivity index (χ0v) is 14.7. The lowest BCUT2D eigenvalue weighted by molar-refractivity contribution is 0.0652. The number of carbonyl (C=O) groups is 1. The lowest BCUT2D eigenvalue weighted by Crippen LogP contribution is -2.48. The van der Waals surface area contributed by atoms with Crippen molar-refractivity contribution in [2.24, 2.45) is 0 Å². The Labute approximate surface area is 146 Å². The number of likely N-dealkylation sites (N-methyl/N-ethyl adjacent to an activating group) is 1. The van der Waals surface area contributed by atoms with Crippen molar-refractivity contribution in [3.05, 3.63) is 40.3 Å². The van der Waals surface area contributed by atoms with Gasteiger partial charge < -0.3 is 19.1 Å². The molecule has 1 saturated carbocycles. The molecule has 25 heavy (non-hydrogen) atoms. The summed E-state index contributed by atoms with van der Waals surface area (Å²) in [4.78, 5) is 30.2. The Bertz CT molecular complexity index is 877. The highest BCUT2D eigenvalue weighted by molar-refractivity contribution is 5.97. The van der Waals surface area contributed by atoms with Gasteiger partial charge in [-0.05, 0) is 49.5 Å². The molecule has 0 spiro atoms. The molecule has 1 aliphatic carbocycles. The van der Waals surface area contributed by atoms with Crippen LogP contribution >= 0.6 is 0 Å². The fraction of sp³-hybridized carbons (Fsp3) is 0.474. The second-order valence-electron chi connectivity index (χ2n) is 6.98. The summed E-state index contributed by atoms with van der Waals surface area (Å²) in [5.41, 5.74) is 0.443. The molecule has 0 bridgehead atoms. The van der Waals surface area contributed by atoms with Crippen molar-refractivity contribution in [3.63, 3.8) is 0 Å². The number of methoxy groups -OCH3 is 1. The maximum Gasteiger partial charge on any atom is 0.270 e. The molecule has 2 heterocycles. The van der Waals surface area contributed by atoms with Crippen LogP contribution < -0.4 is 10.3 Å². The zero-order valence-electron chi connectivity index (χ0n) is 14.7. The number of fused-ring (bicyclic) bond motifs is 1. The summed E-state index contributed by atoms with van der Waals surface area (Å²) in [6.07, 6.45) is 1.93. The van der Waals surface area contributed by atoms with Crippen LogP contribution in [0.2, 0.25) is 0 Å². The second-order valence-corrected chi connectivity index (χ2v) is 6.98. The van der Waals surface area contributed by atoms with Crippen molar-refractivity contribution in [1.82, 2.24) is 14.4 Å². The van der Waals surface area contributed by atoms with Crippen LogP contribution in [0.1, 0.15) is 29.4 Å². The SMILES string of the molecule is COc1ccc2c(=O)n(C3CC3)c(C(=O)N3CCN(C)CC3)cc2c1. The standard InChI is InChI=1S/C19H23N3O3/c1-20-7-9-21(10-8-20)19(24)17-12-13-11-15(25-2)5-6-16(13)18(23)22(17)14-3-4-14/h5-6,11-12,14H,3-4,7-10H2,1-2H3. The maximum absolute atomic E-state index is 13.1. The smallest absolute Gasteiger partial charge is 0.270 e. The molecular weight excluding hydrogens is 318 g/mol. The van der Waals surface area contributed by atoms with E-state index in [1.807, 2.05) is 17.0 Å². The van der Waals surface area contributed by atoms with E-state index in [1.54, 1.807) is 23.8 Å². The summed E-state index contributed by atoms with van der Waals surface area (Å²) in [6, 6.07) is 7.43. The zero-order chi connectivity index (χ0) is 17.6. The Morgan fingerprint density at radius 3 is 2.48 bits per heavy atom. The molecule has 2 aliphatic rings. The minimum absolute atomic E-state index is 0.0400. The van der Waals surface area contributed by atoms with Gasteiger partial charge in [0.2, 0.25) is 0 Å². The number of aromatic nitrogens is 1. The first kappa shape index (κ1) is 16.1. The fourth-order valence-corrected chi connectivity index (χ4v) is 3.47. The number of benzene rings is 1. The maximum atomic E-state index is 13.1. The number of pyridine rings is 1. The molecule has 2 aromatic rings. The van der Waals surface area contributed by atoms with E-state index in [-0.39, 0.29) is 17.5 Å². The van der Waals surface area contributed by atoms with Gasteiger partial charge >= 0.3 is 0 Å². The average molecular weight is 341 g/mol. The monoisotopic (exact) mass is 341 g/mol. The number of ether oxygens (including phenoxy) is 1. The highest BCUT2D eigenvalue weighted by Crippen LogP contribution is 2.36. The average Bonchev–Trinajstić information content (AvgIpc) is 3.46. The lowest BCUT2D eigenvalue weighted by Gasteiger charge is -2.33. The summed E-state index contributed by atoms with van der Waals surface area (Å²) in [6.45, 7) is 3.12. The van der Waals surface area contributed by atoms with Gasteiger partial charge in [-0.3, -0.25) is 9.59 Å². The third-order valence-electron chi connectivity index (χ3n) is 5.18. The predicted octanol–water partition coefficient (Wildman–Crippen LogP) is 1.73. The fourth-order valence-electron chi connectivity index (χ4n) is 3.47. The highest BCUT2D eigenvalue weighted by atomic mass is 16.5. The van der Waals surface area contributed by atoms with Crippen molar-refractivity contribution < 1.29 is 9.53 Å². The molecule has 132 valence electrons. The van der Waals surface area contributed by atoms with E-state index in [4.69, 9.17) is 4.74 Å². The number of nitrogens with zero attached hydrogens (tertiary/aromatic N) is 3. The van der Waals surface area contributed by atoms with Crippen LogP contribution in [0.15, 0.2) is 29.1 Å². The van der Waals surface area contributed by atoms with Crippen molar-refractivity contribution in [2.75, 3.05) is 40.3 Å². The number of hydrogen-bond donors (Lipinski definition) is 0. The third kappa shape index (κ3) is 2.91. The van der Waals surface area contributed by atoms with Crippen molar-refractivity contribution in [3.8, 4) is 5.75 Å². The Morgan fingerprint density at radius 2 is 1.84 bits per heavy atom. The molecule has 0 radical (unpaired) electrons. The molecule has 2 fully saturated rings. The van der Waals surface area contributed by atoms with E-state index in [0.29, 0.717) is 29.9 Å². The van der Waals surface area contributed by atoms with Crippen LogP contribution in [0.4, 0.5) is 0 Å². The first-order chi connectivity index (χ1) is 12.1. The minimum Gasteiger partial charge on any atom is -0.497 e. The van der Waals surface area contributed by atoms with Crippen molar-refractivity contribution in [2.45, 2.75) is 18.9 Å². The highest BCUT2D eigenvalue weighted by Gasteiger charge is 2.31. The molecule has 0 atom stereocenters. The number of carbonyl (C=O) groups excluding carboxylic acids is 1. The summed E-state index contributed by atoms with van der Waals surface area (Å²) < 4.78 is 6.99. The molecule has 1 aromatic carbocycles. The molecule has 1 aliphatic heterocycles. The number of hydrogen-bond acceptors (Lipinski definition) is 4. The molecular formula is C19H23N3O3. The normalized spacial score (nSPS) is 18.6. The van der Waals surface area contributed by atoms with E-state index in [1.165, 1.54) is 0 Å². The molecule has 6 heteroatoms. The largest absolute Gasteiger partial charge is 0.497 e. The number of amides is 1. The van der Waals surface area contributed by atoms with Gasteiger partial charge in [-0.1, -0.05) is 0 Å². The predicted molar refractivity (Wildman–Crippen MR) is 96.4 cm³/mol. The Kier molecular flexibility index (Phi) is 4.00. The topological polar surface area (TPSA) is 54.8 Å². The van der Waals surface area contributed by atoms with Crippen LogP contribution in [0.5, 0.6) is 5.75 Å². The summed E-state index contributed by atoms with van der Waals surface area (Å²) >= 11 is 0. The molecule has 1 aromatic heterocycles. The van der Waals surface area contributed by atoms with Crippen LogP contribution in [0.25, 0.3) is 10.8 Å². The van der Waals surface area contributed by atoms with Gasteiger partial charge in [0.05, 0.1) is 7.11 Å². The van der Waals surface area contributed by atoms with Crippen molar-refractivity contribution >= 4 is 16.7 Å². The third-order valence-corrected chi connectivity index (χ3v) is 5.18. The van der Waals surface area contributed by atoms with Gasteiger partial charge in [0, 0.05) is 37.6 Å². The van der Waals surface area contributed by atoms with E-state index < -0.39 is 0 Å². The van der Waals surface area contributed by atoms with E-state index in [2.05, 4.69) is 11.9 Å². The second kappa shape index (κ2) is 6.19. The van der Waals surface area contributed by atoms with Gasteiger partial charge in [0.15, 0.2) is 0 Å². The van der Waals surface area contributed by atoms with Crippen LogP contribution in [0, 0.1) is 0 Å². The summed E-state index contributed by atoms with van der Waals surface area (Å²) in [5, 5.41) is 1.40. The Hall–Kier alpha value is -2.34. The van der Waals surface area contributed by atoms with Gasteiger partial charge in [0.1, 0.15) is 11.4 Å². The molecule has 4 rings (SSSR count). The van der Waals surface area contributed by atoms with Gasteiger partial charge in [-0.15, -0.1) is 0 Å². The van der Waals surface area contributed by atoms with Crippen molar-refractivity contribution in [1.29, 1.82) is 0 Å². The molecule has 0 N–H and O–H groups in total. The van der Waals surface area contributed by atoms with Crippen LogP contribution in [-0.2, 0) is 0 Å². The Morgan fingerprint density at radius 1 is 1.12 bits per heavy atom. The number of rotatable bonds is 3. The van der Waals surface area contributed by atoms with Gasteiger partial charge in [0.25, 0.3) is 11.5 Å². The van der Waals surface area contributed by atoms with Crippen LogP contribution in [-0.4, -0.2) is 60.6 Å². The lowest BCUT2D eigenvalue weighted by atomic mass is 10.1. The van der Waals surface area contributed by atoms with Gasteiger partial charge in [-0.2, -0.15) is 0 Å². The first-order valence-corrected chi connectivity index (χ1v) is 8.79. The first-order valence-electron chi connectivity index (χ1n) is 8.79. The quantitative estimate of drug-likeness (QED) is 0.853. The molecule has 6 nitrogen and oxygen atoms in total. The molecule has 1 amide bonds. The van der Waals surface area contributed by atoms with E-state index >= 15 is 0 Å². The molecule has 1 saturated heterocycles. The summed E-state index contributed by atoms with van der Waals surface area (Å²) in [7, 11) is 3.66. The summed E-state index contributed by atoms with van der Waals surface area (Å²) in [5.74, 6) is 0.649. The minimum atomic E-state index is -0.0693. The van der Waals surface area contributed by atoms with E-state index in [0.717, 1.165) is 31.3 Å². The van der Waals surface area contributed by atoms with Gasteiger partial charge in [-0.25, -0.2) is 0 Å². The van der Waals surface area contributed by atoms with E-state index in [9.17, 15) is 9.59 Å². The number of piperazine rings is 1. The van der Waals surface area contributed by atoms with Crippen LogP contribution in [0.3, 0.4) is 0 Å².